The van der Waals surface area contributed by atoms with E-state index in [1.807, 2.05) is 9.62 Å². The Labute approximate surface area is 416 Å². The van der Waals surface area contributed by atoms with Gasteiger partial charge >= 0.3 is 0 Å². The summed E-state index contributed by atoms with van der Waals surface area (Å²) in [6, 6.07) is 16.3. The molecular formula is C52H60F2N8O9S. The molecule has 2 aromatic heterocycles. The minimum atomic E-state index is -4.82. The van der Waals surface area contributed by atoms with Crippen LogP contribution in [0, 0.1) is 33.2 Å². The van der Waals surface area contributed by atoms with Crippen LogP contribution in [0.5, 0.6) is 17.2 Å². The molecule has 17 nitrogen and oxygen atoms in total. The van der Waals surface area contributed by atoms with Crippen molar-refractivity contribution in [3.8, 4) is 17.2 Å². The van der Waals surface area contributed by atoms with Crippen LogP contribution in [0.2, 0.25) is 0 Å². The highest BCUT2D eigenvalue weighted by molar-refractivity contribution is 7.90. The van der Waals surface area contributed by atoms with Gasteiger partial charge in [-0.1, -0.05) is 38.1 Å². The van der Waals surface area contributed by atoms with Crippen molar-refractivity contribution >= 4 is 49.9 Å². The van der Waals surface area contributed by atoms with Gasteiger partial charge in [0.2, 0.25) is 5.91 Å². The molecule has 1 spiro atoms. The van der Waals surface area contributed by atoms with E-state index in [9.17, 15) is 37.6 Å². The number of aromatic amines is 1. The number of ether oxygens (including phenoxy) is 2. The number of pyridine rings is 1. The van der Waals surface area contributed by atoms with Crippen LogP contribution in [-0.2, 0) is 14.8 Å². The number of hydrogen-bond donors (Lipinski definition) is 4. The number of aromatic nitrogens is 2. The third kappa shape index (κ3) is 9.55. The predicted octanol–water partition coefficient (Wildman–Crippen LogP) is 8.55. The van der Waals surface area contributed by atoms with Crippen LogP contribution in [0.25, 0.3) is 11.0 Å². The van der Waals surface area contributed by atoms with E-state index in [-0.39, 0.29) is 69.7 Å². The lowest BCUT2D eigenvalue weighted by atomic mass is 9.59. The first-order chi connectivity index (χ1) is 34.3. The van der Waals surface area contributed by atoms with Crippen molar-refractivity contribution in [2.75, 3.05) is 49.5 Å². The molecule has 20 heteroatoms. The molecule has 2 saturated heterocycles. The van der Waals surface area contributed by atoms with Crippen molar-refractivity contribution in [2.45, 2.75) is 114 Å². The van der Waals surface area contributed by atoms with Crippen molar-refractivity contribution in [2.24, 2.45) is 11.3 Å². The molecule has 72 heavy (non-hydrogen) atoms. The van der Waals surface area contributed by atoms with Crippen LogP contribution in [0.3, 0.4) is 0 Å². The summed E-state index contributed by atoms with van der Waals surface area (Å²) in [4.78, 5) is 50.9. The Morgan fingerprint density at radius 3 is 2.44 bits per heavy atom. The first kappa shape index (κ1) is 49.2. The van der Waals surface area contributed by atoms with Gasteiger partial charge in [0, 0.05) is 75.8 Å². The van der Waals surface area contributed by atoms with Crippen molar-refractivity contribution in [1.82, 2.24) is 24.5 Å². The van der Waals surface area contributed by atoms with Gasteiger partial charge in [-0.05, 0) is 105 Å². The first-order valence-electron chi connectivity index (χ1n) is 24.8. The summed E-state index contributed by atoms with van der Waals surface area (Å²) < 4.78 is 72.2. The van der Waals surface area contributed by atoms with Gasteiger partial charge in [0.15, 0.2) is 17.2 Å². The molecule has 2 aliphatic carbocycles. The predicted molar refractivity (Wildman–Crippen MR) is 265 cm³/mol. The number of amides is 2. The average Bonchev–Trinajstić information content (AvgIpc) is 3.70. The number of sulfonamides is 1. The molecule has 0 unspecified atom stereocenters. The number of rotatable bonds is 11. The highest BCUT2D eigenvalue weighted by Crippen LogP contribution is 2.54. The van der Waals surface area contributed by atoms with Gasteiger partial charge < -0.3 is 34.7 Å². The fraction of sp³-hybridized carbons (Fsp3) is 0.481. The second kappa shape index (κ2) is 18.9. The lowest BCUT2D eigenvalue weighted by molar-refractivity contribution is -0.384. The minimum Gasteiger partial charge on any atom is -0.489 e. The van der Waals surface area contributed by atoms with E-state index < -0.39 is 54.6 Å². The number of carbonyl (C=O) groups is 2. The second-order valence-electron chi connectivity index (χ2n) is 21.0. The van der Waals surface area contributed by atoms with E-state index in [0.29, 0.717) is 69.5 Å². The molecular weight excluding hydrogens is 951 g/mol. The number of piperazine rings is 1. The van der Waals surface area contributed by atoms with Crippen LogP contribution in [0.15, 0.2) is 71.8 Å². The number of H-pyrrole nitrogens is 1. The maximum atomic E-state index is 15.5. The minimum absolute atomic E-state index is 0.0125. The number of carbonyl (C=O) groups excluding carboxylic acids is 2. The van der Waals surface area contributed by atoms with Gasteiger partial charge in [-0.15, -0.1) is 0 Å². The number of nitrogens with zero attached hydrogens (tertiary/aromatic N) is 5. The Morgan fingerprint density at radius 2 is 1.74 bits per heavy atom. The number of benzene rings is 3. The van der Waals surface area contributed by atoms with E-state index >= 15 is 4.39 Å². The summed E-state index contributed by atoms with van der Waals surface area (Å²) in [5.74, 6) is -3.37. The Kier molecular flexibility index (Phi) is 12.9. The number of aliphatic hydroxyl groups is 1. The molecule has 10 rings (SSSR count). The molecule has 0 bridgehead atoms. The quantitative estimate of drug-likeness (QED) is 0.0556. The lowest BCUT2D eigenvalue weighted by Crippen LogP contribution is -2.60. The molecule has 2 atom stereocenters. The summed E-state index contributed by atoms with van der Waals surface area (Å²) in [5.41, 5.74) is 1.56. The van der Waals surface area contributed by atoms with Gasteiger partial charge in [0.05, 0.1) is 38.5 Å². The summed E-state index contributed by atoms with van der Waals surface area (Å²) in [6.07, 6.45) is 7.24. The van der Waals surface area contributed by atoms with Crippen LogP contribution in [-0.4, -0.2) is 107 Å². The molecule has 5 aromatic rings. The zero-order valence-electron chi connectivity index (χ0n) is 40.8. The van der Waals surface area contributed by atoms with Gasteiger partial charge in [-0.25, -0.2) is 17.5 Å². The maximum Gasteiger partial charge on any atom is 0.297 e. The number of nitro groups is 1. The van der Waals surface area contributed by atoms with Crippen molar-refractivity contribution in [3.05, 3.63) is 105 Å². The van der Waals surface area contributed by atoms with Gasteiger partial charge in [0.1, 0.15) is 23.8 Å². The maximum absolute atomic E-state index is 15.5. The van der Waals surface area contributed by atoms with E-state index in [2.05, 4.69) is 63.2 Å². The number of fused-ring (bicyclic) bond motifs is 2. The Morgan fingerprint density at radius 1 is 1.00 bits per heavy atom. The zero-order valence-corrected chi connectivity index (χ0v) is 41.6. The number of nitrogens with one attached hydrogen (secondary N) is 3. The number of anilines is 2. The highest BCUT2D eigenvalue weighted by Gasteiger charge is 2.50. The second-order valence-corrected chi connectivity index (χ2v) is 22.7. The van der Waals surface area contributed by atoms with Crippen LogP contribution in [0.1, 0.15) is 113 Å². The fourth-order valence-corrected chi connectivity index (χ4v) is 12.8. The third-order valence-corrected chi connectivity index (χ3v) is 17.3. The molecule has 5 heterocycles. The number of nitro benzene ring substituents is 1. The molecule has 3 aromatic carbocycles. The molecule has 3 aliphatic heterocycles. The normalized spacial score (nSPS) is 23.5. The van der Waals surface area contributed by atoms with Crippen molar-refractivity contribution in [1.29, 1.82) is 0 Å². The molecule has 2 amide bonds. The Balaban J connectivity index is 0.876. The third-order valence-electron chi connectivity index (χ3n) is 16.0. The number of piperidine rings is 1. The van der Waals surface area contributed by atoms with E-state index in [1.165, 1.54) is 23.3 Å². The lowest BCUT2D eigenvalue weighted by Gasteiger charge is -2.58. The Bertz CT molecular complexity index is 3050. The van der Waals surface area contributed by atoms with Crippen LogP contribution in [0.4, 0.5) is 25.8 Å². The fourth-order valence-electron chi connectivity index (χ4n) is 11.8. The standard InChI is InChI=1S/C52H60F2N8O9S/c1-30(2)36-7-5-6-8-37(36)43-28-60(31(3)63)19-20-61(43)34-25-52(26-34)15-17-59(18-16-52)33-9-10-38(44(21-33)71-46-24-39-40(53)27-55-49(39)57-48(46)54)50(64)58-72(68,69)35-22-42(62(66)67)47-45(23-35)70-29-41(56-47)32-11-13-51(4,65)14-12-32/h5-10,21-24,27,30,32,34,41,43,56,65H,11-20,25-26,28-29H2,1-4H3,(H,55,57)(H,58,64)/t32-,41-,43-,51-/m1/s1. The summed E-state index contributed by atoms with van der Waals surface area (Å²) in [7, 11) is -4.82. The smallest absolute Gasteiger partial charge is 0.297 e. The van der Waals surface area contributed by atoms with Crippen molar-refractivity contribution < 1.29 is 46.3 Å². The number of hydrogen-bond acceptors (Lipinski definition) is 13. The summed E-state index contributed by atoms with van der Waals surface area (Å²) in [6.45, 7) is 11.3. The molecule has 382 valence electrons. The van der Waals surface area contributed by atoms with Crippen LogP contribution < -0.4 is 24.4 Å². The van der Waals surface area contributed by atoms with E-state index in [4.69, 9.17) is 9.47 Å². The van der Waals surface area contributed by atoms with Gasteiger partial charge in [0.25, 0.3) is 27.6 Å². The highest BCUT2D eigenvalue weighted by atomic mass is 32.2. The topological polar surface area (TPSA) is 213 Å². The zero-order chi connectivity index (χ0) is 50.9. The molecule has 2 saturated carbocycles. The van der Waals surface area contributed by atoms with Crippen molar-refractivity contribution in [3.63, 3.8) is 0 Å². The SMILES string of the molecule is CC(=O)N1CCN(C2CC3(CCN(c4ccc(C(=O)NS(=O)(=O)c5cc6c(c([N+](=O)[O-])c5)N[C@@H]([C@H]5CC[C@](C)(O)CC5)CO6)c(Oc5cc6c(F)c[nH]c6nc5F)c4)CC3)C2)[C@@H](c2ccccc2C(C)C)C1. The number of halogens is 2. The largest absolute Gasteiger partial charge is 0.489 e. The monoisotopic (exact) mass is 1010 g/mol. The molecule has 4 fully saturated rings. The first-order valence-corrected chi connectivity index (χ1v) is 26.3. The molecule has 4 N–H and O–H groups in total. The average molecular weight is 1010 g/mol. The molecule has 5 aliphatic rings. The van der Waals surface area contributed by atoms with E-state index in [1.54, 1.807) is 19.9 Å². The van der Waals surface area contributed by atoms with E-state index in [0.717, 1.165) is 56.6 Å². The summed E-state index contributed by atoms with van der Waals surface area (Å²) in [5, 5.41) is 26.0. The van der Waals surface area contributed by atoms with Gasteiger partial charge in [-0.2, -0.15) is 9.37 Å². The Hall–Kier alpha value is -6.38. The van der Waals surface area contributed by atoms with Crippen LogP contribution >= 0.6 is 0 Å². The molecule has 0 radical (unpaired) electrons. The summed E-state index contributed by atoms with van der Waals surface area (Å²) >= 11 is 0. The van der Waals surface area contributed by atoms with Gasteiger partial charge in [-0.3, -0.25) is 24.6 Å².